The number of aliphatic imine (C=N–C) groups is 1. The Hall–Kier alpha value is -0.650. The zero-order valence-corrected chi connectivity index (χ0v) is 5.82. The van der Waals surface area contributed by atoms with E-state index in [9.17, 15) is 0 Å². The molecule has 0 saturated carbocycles. The maximum Gasteiger partial charge on any atom is 0.116 e. The van der Waals surface area contributed by atoms with Crippen molar-refractivity contribution in [1.29, 1.82) is 0 Å². The lowest BCUT2D eigenvalue weighted by molar-refractivity contribution is 0.175. The highest BCUT2D eigenvalue weighted by Gasteiger charge is 2.12. The maximum absolute atomic E-state index is 5.52. The lowest BCUT2D eigenvalue weighted by atomic mass is 10.4. The molecule has 5 nitrogen and oxygen atoms in total. The van der Waals surface area contributed by atoms with Gasteiger partial charge in [0.25, 0.3) is 0 Å². The summed E-state index contributed by atoms with van der Waals surface area (Å²) < 4.78 is 0. The third-order valence-corrected chi connectivity index (χ3v) is 1.32. The monoisotopic (exact) mass is 142 g/mol. The van der Waals surface area contributed by atoms with Crippen molar-refractivity contribution in [1.82, 2.24) is 10.0 Å². The van der Waals surface area contributed by atoms with E-state index in [0.717, 1.165) is 5.84 Å². The molecular weight excluding hydrogens is 130 g/mol. The zero-order chi connectivity index (χ0) is 7.56. The minimum Gasteiger partial charge on any atom is -0.283 e. The SMILES string of the molecule is [CH2]CC1=NCN(N)CN1N. The summed E-state index contributed by atoms with van der Waals surface area (Å²) in [5.74, 6) is 11.8. The number of amidine groups is 1. The van der Waals surface area contributed by atoms with Gasteiger partial charge in [-0.05, 0) is 6.92 Å². The van der Waals surface area contributed by atoms with Crippen LogP contribution in [0.1, 0.15) is 6.42 Å². The Morgan fingerprint density at radius 3 is 2.80 bits per heavy atom. The topological polar surface area (TPSA) is 70.9 Å². The minimum atomic E-state index is 0.512. The zero-order valence-electron chi connectivity index (χ0n) is 5.82. The first kappa shape index (κ1) is 7.46. The third kappa shape index (κ3) is 1.44. The van der Waals surface area contributed by atoms with Crippen LogP contribution in [0.5, 0.6) is 0 Å². The summed E-state index contributed by atoms with van der Waals surface area (Å²) in [5, 5.41) is 3.02. The van der Waals surface area contributed by atoms with Gasteiger partial charge in [0.15, 0.2) is 0 Å². The highest BCUT2D eigenvalue weighted by Crippen LogP contribution is 1.97. The number of nitrogens with zero attached hydrogens (tertiary/aromatic N) is 3. The summed E-state index contributed by atoms with van der Waals surface area (Å²) in [6.07, 6.45) is 0.615. The molecule has 1 aliphatic heterocycles. The van der Waals surface area contributed by atoms with Gasteiger partial charge < -0.3 is 0 Å². The second kappa shape index (κ2) is 2.96. The third-order valence-electron chi connectivity index (χ3n) is 1.32. The molecule has 0 spiro atoms. The van der Waals surface area contributed by atoms with Gasteiger partial charge >= 0.3 is 0 Å². The molecule has 10 heavy (non-hydrogen) atoms. The van der Waals surface area contributed by atoms with E-state index in [1.165, 1.54) is 10.0 Å². The normalized spacial score (nSPS) is 21.1. The van der Waals surface area contributed by atoms with Crippen molar-refractivity contribution in [2.24, 2.45) is 16.7 Å². The molecule has 4 N–H and O–H groups in total. The van der Waals surface area contributed by atoms with Gasteiger partial charge in [0.2, 0.25) is 0 Å². The molecule has 0 fully saturated rings. The van der Waals surface area contributed by atoms with E-state index in [1.54, 1.807) is 0 Å². The summed E-state index contributed by atoms with van der Waals surface area (Å²) in [6, 6.07) is 0. The number of rotatable bonds is 1. The maximum atomic E-state index is 5.52. The number of hydrogen-bond donors (Lipinski definition) is 2. The lowest BCUT2D eigenvalue weighted by Gasteiger charge is -2.29. The highest BCUT2D eigenvalue weighted by molar-refractivity contribution is 5.82. The minimum absolute atomic E-state index is 0.512. The van der Waals surface area contributed by atoms with Gasteiger partial charge in [0, 0.05) is 6.42 Å². The molecule has 1 rings (SSSR count). The smallest absolute Gasteiger partial charge is 0.116 e. The van der Waals surface area contributed by atoms with Crippen LogP contribution in [-0.4, -0.2) is 29.2 Å². The van der Waals surface area contributed by atoms with Crippen LogP contribution < -0.4 is 11.7 Å². The van der Waals surface area contributed by atoms with Crippen molar-refractivity contribution < 1.29 is 0 Å². The van der Waals surface area contributed by atoms with E-state index in [1.807, 2.05) is 0 Å². The second-order valence-corrected chi connectivity index (χ2v) is 2.17. The van der Waals surface area contributed by atoms with Crippen LogP contribution in [0.25, 0.3) is 0 Å². The van der Waals surface area contributed by atoms with Crippen LogP contribution >= 0.6 is 0 Å². The number of hydrazine groups is 2. The van der Waals surface area contributed by atoms with Crippen LogP contribution in [0.2, 0.25) is 0 Å². The fourth-order valence-corrected chi connectivity index (χ4v) is 0.808. The molecular formula is C5H12N5. The average Bonchev–Trinajstić information content (AvgIpc) is 1.88. The molecule has 0 aromatic rings. The summed E-state index contributed by atoms with van der Waals surface area (Å²) in [6.45, 7) is 4.71. The first-order valence-electron chi connectivity index (χ1n) is 3.08. The second-order valence-electron chi connectivity index (χ2n) is 2.17. The van der Waals surface area contributed by atoms with Gasteiger partial charge in [-0.2, -0.15) is 0 Å². The number of nitrogens with two attached hydrogens (primary N) is 2. The molecule has 1 aliphatic rings. The molecule has 0 unspecified atom stereocenters. The standard InChI is InChI=1S/C5H12N5/c1-2-5-8-3-9(6)4-10(5)7/h1-4,6-7H2. The Morgan fingerprint density at radius 2 is 2.30 bits per heavy atom. The molecule has 0 amide bonds. The molecule has 1 radical (unpaired) electrons. The van der Waals surface area contributed by atoms with E-state index in [4.69, 9.17) is 11.7 Å². The van der Waals surface area contributed by atoms with Crippen LogP contribution in [0.15, 0.2) is 4.99 Å². The molecule has 0 aromatic carbocycles. The Morgan fingerprint density at radius 1 is 1.60 bits per heavy atom. The first-order chi connectivity index (χ1) is 4.74. The Kier molecular flexibility index (Phi) is 2.21. The summed E-state index contributed by atoms with van der Waals surface area (Å²) in [5.41, 5.74) is 0. The van der Waals surface area contributed by atoms with E-state index >= 15 is 0 Å². The predicted octanol–water partition coefficient (Wildman–Crippen LogP) is -1.11. The van der Waals surface area contributed by atoms with Gasteiger partial charge in [-0.15, -0.1) is 0 Å². The molecule has 57 valence electrons. The van der Waals surface area contributed by atoms with E-state index < -0.39 is 0 Å². The Labute approximate surface area is 60.2 Å². The number of hydrogen-bond acceptors (Lipinski definition) is 5. The van der Waals surface area contributed by atoms with E-state index in [-0.39, 0.29) is 0 Å². The Bertz CT molecular complexity index is 143. The average molecular weight is 142 g/mol. The van der Waals surface area contributed by atoms with Crippen molar-refractivity contribution in [2.75, 3.05) is 13.3 Å². The predicted molar refractivity (Wildman–Crippen MR) is 39.2 cm³/mol. The molecule has 0 aromatic heterocycles. The van der Waals surface area contributed by atoms with Crippen molar-refractivity contribution in [3.63, 3.8) is 0 Å². The molecule has 5 heteroatoms. The van der Waals surface area contributed by atoms with Crippen LogP contribution in [0, 0.1) is 6.92 Å². The molecule has 0 bridgehead atoms. The van der Waals surface area contributed by atoms with Gasteiger partial charge in [0.1, 0.15) is 19.2 Å². The fraction of sp³-hybridized carbons (Fsp3) is 0.600. The van der Waals surface area contributed by atoms with Gasteiger partial charge in [0.05, 0.1) is 0 Å². The van der Waals surface area contributed by atoms with Crippen molar-refractivity contribution in [2.45, 2.75) is 6.42 Å². The van der Waals surface area contributed by atoms with Crippen molar-refractivity contribution in [3.8, 4) is 0 Å². The van der Waals surface area contributed by atoms with Gasteiger partial charge in [-0.1, -0.05) is 0 Å². The molecule has 1 heterocycles. The largest absolute Gasteiger partial charge is 0.283 e. The quantitative estimate of drug-likeness (QED) is 0.455. The van der Waals surface area contributed by atoms with Crippen LogP contribution in [0.3, 0.4) is 0 Å². The van der Waals surface area contributed by atoms with E-state index in [0.29, 0.717) is 19.8 Å². The van der Waals surface area contributed by atoms with Crippen LogP contribution in [0.4, 0.5) is 0 Å². The lowest BCUT2D eigenvalue weighted by Crippen LogP contribution is -2.52. The summed E-state index contributed by atoms with van der Waals surface area (Å²) in [4.78, 5) is 4.07. The van der Waals surface area contributed by atoms with E-state index in [2.05, 4.69) is 11.9 Å². The molecule has 0 saturated heterocycles. The van der Waals surface area contributed by atoms with Crippen LogP contribution in [-0.2, 0) is 0 Å². The first-order valence-corrected chi connectivity index (χ1v) is 3.08. The van der Waals surface area contributed by atoms with Crippen molar-refractivity contribution in [3.05, 3.63) is 6.92 Å². The summed E-state index contributed by atoms with van der Waals surface area (Å²) in [7, 11) is 0. The van der Waals surface area contributed by atoms with Crippen molar-refractivity contribution >= 4 is 5.84 Å². The van der Waals surface area contributed by atoms with Gasteiger partial charge in [-0.3, -0.25) is 15.8 Å². The molecule has 0 atom stereocenters. The molecule has 0 aliphatic carbocycles. The summed E-state index contributed by atoms with van der Waals surface area (Å²) >= 11 is 0. The highest BCUT2D eigenvalue weighted by atomic mass is 15.6. The Balaban J connectivity index is 2.57. The van der Waals surface area contributed by atoms with Gasteiger partial charge in [-0.25, -0.2) is 10.9 Å². The fourth-order valence-electron chi connectivity index (χ4n) is 0.808.